The molecule has 2 amide bonds. The molecule has 0 aliphatic carbocycles. The number of carbonyl (C=O) groups is 2. The lowest BCUT2D eigenvalue weighted by Crippen LogP contribution is -2.14. The van der Waals surface area contributed by atoms with E-state index in [0.29, 0.717) is 39.3 Å². The summed E-state index contributed by atoms with van der Waals surface area (Å²) < 4.78 is 5.63. The first-order valence-corrected chi connectivity index (χ1v) is 9.39. The number of benzene rings is 2. The Morgan fingerprint density at radius 3 is 2.89 bits per heavy atom. The normalized spacial score (nSPS) is 12.4. The molecule has 0 bridgehead atoms. The van der Waals surface area contributed by atoms with Crippen LogP contribution in [0.1, 0.15) is 31.4 Å². The van der Waals surface area contributed by atoms with Crippen molar-refractivity contribution < 1.29 is 14.3 Å². The Labute approximate surface area is 164 Å². The van der Waals surface area contributed by atoms with Gasteiger partial charge in [-0.3, -0.25) is 9.59 Å². The SMILES string of the molecule is O=C(Nc1ccc2c(c1)C(=O)NC2)c1csc(COc2ccc(Cl)cc2)n1. The second kappa shape index (κ2) is 7.38. The zero-order valence-corrected chi connectivity index (χ0v) is 15.6. The summed E-state index contributed by atoms with van der Waals surface area (Å²) in [6, 6.07) is 12.3. The molecule has 8 heteroatoms. The van der Waals surface area contributed by atoms with Crippen molar-refractivity contribution in [3.8, 4) is 5.75 Å². The van der Waals surface area contributed by atoms with Crippen LogP contribution in [0, 0.1) is 0 Å². The molecule has 2 aromatic carbocycles. The molecule has 6 nitrogen and oxygen atoms in total. The predicted octanol–water partition coefficient (Wildman–Crippen LogP) is 3.87. The van der Waals surface area contributed by atoms with Gasteiger partial charge in [0.2, 0.25) is 0 Å². The zero-order chi connectivity index (χ0) is 18.8. The molecule has 0 saturated heterocycles. The number of nitrogens with one attached hydrogen (secondary N) is 2. The first-order chi connectivity index (χ1) is 13.1. The summed E-state index contributed by atoms with van der Waals surface area (Å²) in [5, 5.41) is 8.52. The van der Waals surface area contributed by atoms with Gasteiger partial charge in [0.15, 0.2) is 0 Å². The van der Waals surface area contributed by atoms with E-state index in [1.807, 2.05) is 6.07 Å². The van der Waals surface area contributed by atoms with Gasteiger partial charge in [-0.2, -0.15) is 0 Å². The summed E-state index contributed by atoms with van der Waals surface area (Å²) >= 11 is 7.18. The first kappa shape index (κ1) is 17.5. The van der Waals surface area contributed by atoms with E-state index in [2.05, 4.69) is 15.6 Å². The summed E-state index contributed by atoms with van der Waals surface area (Å²) in [5.74, 6) is 0.218. The molecule has 136 valence electrons. The number of thiazole rings is 1. The lowest BCUT2D eigenvalue weighted by atomic mass is 10.1. The highest BCUT2D eigenvalue weighted by Crippen LogP contribution is 2.22. The molecule has 1 aromatic heterocycles. The van der Waals surface area contributed by atoms with Crippen LogP contribution in [0.5, 0.6) is 5.75 Å². The molecule has 0 radical (unpaired) electrons. The van der Waals surface area contributed by atoms with Crippen LogP contribution < -0.4 is 15.4 Å². The second-order valence-electron chi connectivity index (χ2n) is 5.88. The van der Waals surface area contributed by atoms with E-state index in [1.165, 1.54) is 11.3 Å². The summed E-state index contributed by atoms with van der Waals surface area (Å²) in [6.45, 7) is 0.782. The van der Waals surface area contributed by atoms with Crippen molar-refractivity contribution in [2.45, 2.75) is 13.2 Å². The standard InChI is InChI=1S/C19H14ClN3O3S/c20-12-2-5-14(6-3-12)26-9-17-23-16(10-27-17)19(25)22-13-4-1-11-8-21-18(24)15(11)7-13/h1-7,10H,8-9H2,(H,21,24)(H,22,25). The van der Waals surface area contributed by atoms with Crippen molar-refractivity contribution >= 4 is 40.4 Å². The Morgan fingerprint density at radius 1 is 1.26 bits per heavy atom. The van der Waals surface area contributed by atoms with E-state index in [0.717, 1.165) is 5.56 Å². The number of fused-ring (bicyclic) bond motifs is 1. The van der Waals surface area contributed by atoms with Gasteiger partial charge in [-0.05, 0) is 42.0 Å². The predicted molar refractivity (Wildman–Crippen MR) is 103 cm³/mol. The highest BCUT2D eigenvalue weighted by Gasteiger charge is 2.19. The molecule has 1 aliphatic rings. The van der Waals surface area contributed by atoms with Crippen molar-refractivity contribution in [3.63, 3.8) is 0 Å². The smallest absolute Gasteiger partial charge is 0.275 e. The molecular weight excluding hydrogens is 386 g/mol. The van der Waals surface area contributed by atoms with Crippen molar-refractivity contribution in [1.29, 1.82) is 0 Å². The van der Waals surface area contributed by atoms with E-state index in [4.69, 9.17) is 16.3 Å². The Bertz CT molecular complexity index is 1020. The molecular formula is C19H14ClN3O3S. The van der Waals surface area contributed by atoms with Gasteiger partial charge in [0.1, 0.15) is 23.1 Å². The van der Waals surface area contributed by atoms with Crippen LogP contribution in [-0.2, 0) is 13.2 Å². The number of hydrogen-bond acceptors (Lipinski definition) is 5. The van der Waals surface area contributed by atoms with Crippen LogP contribution in [0.15, 0.2) is 47.8 Å². The van der Waals surface area contributed by atoms with Crippen molar-refractivity contribution in [1.82, 2.24) is 10.3 Å². The number of carbonyl (C=O) groups excluding carboxylic acids is 2. The summed E-state index contributed by atoms with van der Waals surface area (Å²) in [5.41, 5.74) is 2.37. The van der Waals surface area contributed by atoms with Crippen LogP contribution in [0.25, 0.3) is 0 Å². The largest absolute Gasteiger partial charge is 0.486 e. The van der Waals surface area contributed by atoms with Crippen molar-refractivity contribution in [2.75, 3.05) is 5.32 Å². The Kier molecular flexibility index (Phi) is 4.79. The van der Waals surface area contributed by atoms with Crippen molar-refractivity contribution in [3.05, 3.63) is 74.7 Å². The third kappa shape index (κ3) is 3.94. The number of aromatic nitrogens is 1. The lowest BCUT2D eigenvalue weighted by Gasteiger charge is -2.05. The Balaban J connectivity index is 1.39. The molecule has 2 heterocycles. The number of nitrogens with zero attached hydrogens (tertiary/aromatic N) is 1. The minimum absolute atomic E-state index is 0.128. The molecule has 0 spiro atoms. The van der Waals surface area contributed by atoms with Crippen LogP contribution in [-0.4, -0.2) is 16.8 Å². The number of rotatable bonds is 5. The Hall–Kier alpha value is -2.90. The molecule has 0 saturated carbocycles. The number of anilines is 1. The monoisotopic (exact) mass is 399 g/mol. The van der Waals surface area contributed by atoms with E-state index >= 15 is 0 Å². The molecule has 4 rings (SSSR count). The van der Waals surface area contributed by atoms with E-state index in [9.17, 15) is 9.59 Å². The average molecular weight is 400 g/mol. The van der Waals surface area contributed by atoms with Crippen LogP contribution >= 0.6 is 22.9 Å². The average Bonchev–Trinajstić information content (AvgIpc) is 3.29. The maximum Gasteiger partial charge on any atom is 0.275 e. The summed E-state index contributed by atoms with van der Waals surface area (Å²) in [4.78, 5) is 28.4. The van der Waals surface area contributed by atoms with Gasteiger partial charge >= 0.3 is 0 Å². The van der Waals surface area contributed by atoms with Gasteiger partial charge in [0.05, 0.1) is 0 Å². The molecule has 3 aromatic rings. The fraction of sp³-hybridized carbons (Fsp3) is 0.105. The highest BCUT2D eigenvalue weighted by atomic mass is 35.5. The van der Waals surface area contributed by atoms with Gasteiger partial charge < -0.3 is 15.4 Å². The van der Waals surface area contributed by atoms with Crippen molar-refractivity contribution in [2.24, 2.45) is 0 Å². The van der Waals surface area contributed by atoms with Crippen LogP contribution in [0.4, 0.5) is 5.69 Å². The number of ether oxygens (including phenoxy) is 1. The third-order valence-corrected chi connectivity index (χ3v) is 5.09. The number of amides is 2. The quantitative estimate of drug-likeness (QED) is 0.682. The maximum atomic E-state index is 12.4. The van der Waals surface area contributed by atoms with Crippen LogP contribution in [0.2, 0.25) is 5.02 Å². The maximum absolute atomic E-state index is 12.4. The molecule has 0 unspecified atom stereocenters. The second-order valence-corrected chi connectivity index (χ2v) is 7.26. The van der Waals surface area contributed by atoms with Gasteiger partial charge in [-0.15, -0.1) is 11.3 Å². The molecule has 27 heavy (non-hydrogen) atoms. The Morgan fingerprint density at radius 2 is 2.07 bits per heavy atom. The fourth-order valence-electron chi connectivity index (χ4n) is 2.64. The van der Waals surface area contributed by atoms with Gasteiger partial charge in [0.25, 0.3) is 11.8 Å². The number of hydrogen-bond donors (Lipinski definition) is 2. The van der Waals surface area contributed by atoms with Gasteiger partial charge in [0, 0.05) is 28.2 Å². The van der Waals surface area contributed by atoms with Crippen LogP contribution in [0.3, 0.4) is 0 Å². The summed E-state index contributed by atoms with van der Waals surface area (Å²) in [6.07, 6.45) is 0. The molecule has 0 atom stereocenters. The van der Waals surface area contributed by atoms with Gasteiger partial charge in [-0.25, -0.2) is 4.98 Å². The first-order valence-electron chi connectivity index (χ1n) is 8.14. The van der Waals surface area contributed by atoms with E-state index in [-0.39, 0.29) is 18.4 Å². The summed E-state index contributed by atoms with van der Waals surface area (Å²) in [7, 11) is 0. The van der Waals surface area contributed by atoms with Gasteiger partial charge in [-0.1, -0.05) is 17.7 Å². The third-order valence-electron chi connectivity index (χ3n) is 4.01. The fourth-order valence-corrected chi connectivity index (χ4v) is 3.45. The van der Waals surface area contributed by atoms with E-state index in [1.54, 1.807) is 41.8 Å². The minimum Gasteiger partial charge on any atom is -0.486 e. The molecule has 0 fully saturated rings. The lowest BCUT2D eigenvalue weighted by molar-refractivity contribution is 0.0964. The topological polar surface area (TPSA) is 80.3 Å². The molecule has 2 N–H and O–H groups in total. The van der Waals surface area contributed by atoms with E-state index < -0.39 is 0 Å². The minimum atomic E-state index is -0.331. The zero-order valence-electron chi connectivity index (χ0n) is 14.0. The highest BCUT2D eigenvalue weighted by molar-refractivity contribution is 7.09. The number of halogens is 1. The molecule has 1 aliphatic heterocycles.